The van der Waals surface area contributed by atoms with Crippen LogP contribution in [-0.4, -0.2) is 18.1 Å². The summed E-state index contributed by atoms with van der Waals surface area (Å²) in [5.74, 6) is 1.40. The van der Waals surface area contributed by atoms with Crippen molar-refractivity contribution in [3.8, 4) is 0 Å². The monoisotopic (exact) mass is 255 g/mol. The molecule has 17 heavy (non-hydrogen) atoms. The molecular formula is C13H25N3S. The van der Waals surface area contributed by atoms with Crippen LogP contribution < -0.4 is 11.1 Å². The van der Waals surface area contributed by atoms with Crippen molar-refractivity contribution >= 4 is 11.3 Å². The first-order valence-corrected chi connectivity index (χ1v) is 7.25. The molecule has 1 aromatic rings. The third kappa shape index (κ3) is 6.15. The highest BCUT2D eigenvalue weighted by molar-refractivity contribution is 7.11. The van der Waals surface area contributed by atoms with Gasteiger partial charge in [-0.2, -0.15) is 0 Å². The second-order valence-electron chi connectivity index (χ2n) is 5.04. The summed E-state index contributed by atoms with van der Waals surface area (Å²) >= 11 is 1.76. The maximum absolute atomic E-state index is 5.78. The molecule has 0 saturated heterocycles. The molecule has 1 atom stereocenters. The van der Waals surface area contributed by atoms with Gasteiger partial charge in [-0.15, -0.1) is 11.3 Å². The largest absolute Gasteiger partial charge is 0.330 e. The Morgan fingerprint density at radius 1 is 1.47 bits per heavy atom. The molecule has 0 amide bonds. The van der Waals surface area contributed by atoms with Crippen LogP contribution in [0.2, 0.25) is 0 Å². The first-order chi connectivity index (χ1) is 8.11. The molecule has 0 radical (unpaired) electrons. The fraction of sp³-hybridized carbons (Fsp3) is 0.769. The quantitative estimate of drug-likeness (QED) is 0.702. The van der Waals surface area contributed by atoms with Crippen LogP contribution in [0.5, 0.6) is 0 Å². The molecule has 4 heteroatoms. The van der Waals surface area contributed by atoms with E-state index in [-0.39, 0.29) is 0 Å². The standard InChI is InChI=1S/C13H25N3S/c1-10(2)6-12(7-14)4-5-15-8-13-9-16-11(3)17-13/h9-10,12,15H,4-8,14H2,1-3H3. The summed E-state index contributed by atoms with van der Waals surface area (Å²) in [6, 6.07) is 0. The van der Waals surface area contributed by atoms with Crippen LogP contribution in [0.15, 0.2) is 6.20 Å². The van der Waals surface area contributed by atoms with Crippen LogP contribution in [0, 0.1) is 18.8 Å². The highest BCUT2D eigenvalue weighted by Crippen LogP contribution is 2.14. The van der Waals surface area contributed by atoms with Crippen LogP contribution in [-0.2, 0) is 6.54 Å². The minimum atomic E-state index is 0.658. The molecular weight excluding hydrogens is 230 g/mol. The molecule has 1 aromatic heterocycles. The topological polar surface area (TPSA) is 50.9 Å². The number of nitrogens with one attached hydrogen (secondary N) is 1. The number of aryl methyl sites for hydroxylation is 1. The van der Waals surface area contributed by atoms with Gasteiger partial charge in [0, 0.05) is 17.6 Å². The van der Waals surface area contributed by atoms with E-state index in [1.807, 2.05) is 13.1 Å². The second-order valence-corrected chi connectivity index (χ2v) is 6.36. The molecule has 1 rings (SSSR count). The summed E-state index contributed by atoms with van der Waals surface area (Å²) < 4.78 is 0. The number of rotatable bonds is 8. The number of hydrogen-bond acceptors (Lipinski definition) is 4. The third-order valence-corrected chi connectivity index (χ3v) is 3.75. The second kappa shape index (κ2) is 7.80. The lowest BCUT2D eigenvalue weighted by molar-refractivity contribution is 0.386. The van der Waals surface area contributed by atoms with Crippen LogP contribution in [0.25, 0.3) is 0 Å². The van der Waals surface area contributed by atoms with E-state index in [1.165, 1.54) is 17.7 Å². The van der Waals surface area contributed by atoms with E-state index in [0.29, 0.717) is 5.92 Å². The third-order valence-electron chi connectivity index (χ3n) is 2.84. The number of nitrogens with two attached hydrogens (primary N) is 1. The van der Waals surface area contributed by atoms with Crippen molar-refractivity contribution < 1.29 is 0 Å². The Hall–Kier alpha value is -0.450. The average molecular weight is 255 g/mol. The fourth-order valence-corrected chi connectivity index (χ4v) is 2.77. The molecule has 0 aliphatic carbocycles. The Bertz CT molecular complexity index is 309. The summed E-state index contributed by atoms with van der Waals surface area (Å²) in [6.45, 7) is 9.35. The maximum Gasteiger partial charge on any atom is 0.0897 e. The van der Waals surface area contributed by atoms with Crippen molar-refractivity contribution in [3.05, 3.63) is 16.1 Å². The van der Waals surface area contributed by atoms with E-state index in [2.05, 4.69) is 24.1 Å². The molecule has 0 spiro atoms. The van der Waals surface area contributed by atoms with Crippen molar-refractivity contribution in [2.24, 2.45) is 17.6 Å². The highest BCUT2D eigenvalue weighted by atomic mass is 32.1. The lowest BCUT2D eigenvalue weighted by Crippen LogP contribution is -2.23. The Labute approximate surface area is 109 Å². The Morgan fingerprint density at radius 3 is 2.76 bits per heavy atom. The van der Waals surface area contributed by atoms with Gasteiger partial charge < -0.3 is 11.1 Å². The van der Waals surface area contributed by atoms with Gasteiger partial charge in [-0.1, -0.05) is 13.8 Å². The van der Waals surface area contributed by atoms with Crippen molar-refractivity contribution in [2.75, 3.05) is 13.1 Å². The normalized spacial score (nSPS) is 13.2. The lowest BCUT2D eigenvalue weighted by atomic mass is 9.94. The smallest absolute Gasteiger partial charge is 0.0897 e. The number of hydrogen-bond donors (Lipinski definition) is 2. The van der Waals surface area contributed by atoms with Crippen LogP contribution >= 0.6 is 11.3 Å². The SMILES string of the molecule is Cc1ncc(CNCCC(CN)CC(C)C)s1. The Morgan fingerprint density at radius 2 is 2.24 bits per heavy atom. The molecule has 3 nitrogen and oxygen atoms in total. The fourth-order valence-electron chi connectivity index (χ4n) is 2.00. The summed E-state index contributed by atoms with van der Waals surface area (Å²) in [7, 11) is 0. The first kappa shape index (κ1) is 14.6. The molecule has 0 aromatic carbocycles. The molecule has 0 fully saturated rings. The maximum atomic E-state index is 5.78. The minimum Gasteiger partial charge on any atom is -0.330 e. The summed E-state index contributed by atoms with van der Waals surface area (Å²) in [6.07, 6.45) is 4.37. The van der Waals surface area contributed by atoms with E-state index in [0.717, 1.165) is 30.6 Å². The van der Waals surface area contributed by atoms with E-state index in [9.17, 15) is 0 Å². The van der Waals surface area contributed by atoms with Crippen molar-refractivity contribution in [2.45, 2.75) is 40.2 Å². The van der Waals surface area contributed by atoms with Crippen molar-refractivity contribution in [3.63, 3.8) is 0 Å². The molecule has 0 aliphatic rings. The van der Waals surface area contributed by atoms with Gasteiger partial charge in [0.2, 0.25) is 0 Å². The highest BCUT2D eigenvalue weighted by Gasteiger charge is 2.08. The lowest BCUT2D eigenvalue weighted by Gasteiger charge is -2.16. The van der Waals surface area contributed by atoms with Crippen LogP contribution in [0.4, 0.5) is 0 Å². The average Bonchev–Trinajstić information content (AvgIpc) is 2.68. The van der Waals surface area contributed by atoms with Gasteiger partial charge in [-0.25, -0.2) is 4.98 Å². The van der Waals surface area contributed by atoms with Gasteiger partial charge in [0.25, 0.3) is 0 Å². The number of aromatic nitrogens is 1. The molecule has 0 aliphatic heterocycles. The Balaban J connectivity index is 2.14. The molecule has 0 saturated carbocycles. The minimum absolute atomic E-state index is 0.658. The van der Waals surface area contributed by atoms with Gasteiger partial charge in [-0.3, -0.25) is 0 Å². The summed E-state index contributed by atoms with van der Waals surface area (Å²) in [5, 5.41) is 4.61. The van der Waals surface area contributed by atoms with Crippen LogP contribution in [0.1, 0.15) is 36.6 Å². The molecule has 98 valence electrons. The zero-order valence-corrected chi connectivity index (χ0v) is 12.0. The van der Waals surface area contributed by atoms with Crippen LogP contribution in [0.3, 0.4) is 0 Å². The summed E-state index contributed by atoms with van der Waals surface area (Å²) in [4.78, 5) is 5.56. The Kier molecular flexibility index (Phi) is 6.70. The van der Waals surface area contributed by atoms with Gasteiger partial charge in [0.1, 0.15) is 0 Å². The number of nitrogens with zero attached hydrogens (tertiary/aromatic N) is 1. The predicted octanol–water partition coefficient (Wildman–Crippen LogP) is 2.55. The predicted molar refractivity (Wildman–Crippen MR) is 75.2 cm³/mol. The van der Waals surface area contributed by atoms with Gasteiger partial charge in [0.05, 0.1) is 5.01 Å². The summed E-state index contributed by atoms with van der Waals surface area (Å²) in [5.41, 5.74) is 5.78. The van der Waals surface area contributed by atoms with Gasteiger partial charge in [0.15, 0.2) is 0 Å². The van der Waals surface area contributed by atoms with E-state index >= 15 is 0 Å². The molecule has 3 N–H and O–H groups in total. The van der Waals surface area contributed by atoms with E-state index in [4.69, 9.17) is 5.73 Å². The zero-order valence-electron chi connectivity index (χ0n) is 11.2. The molecule has 0 bridgehead atoms. The molecule has 1 unspecified atom stereocenters. The van der Waals surface area contributed by atoms with Gasteiger partial charge in [-0.05, 0) is 44.7 Å². The number of thiazole rings is 1. The van der Waals surface area contributed by atoms with E-state index in [1.54, 1.807) is 11.3 Å². The van der Waals surface area contributed by atoms with Crippen molar-refractivity contribution in [1.82, 2.24) is 10.3 Å². The van der Waals surface area contributed by atoms with E-state index < -0.39 is 0 Å². The zero-order chi connectivity index (χ0) is 12.7. The first-order valence-electron chi connectivity index (χ1n) is 6.44. The van der Waals surface area contributed by atoms with Crippen molar-refractivity contribution in [1.29, 1.82) is 0 Å². The molecule has 1 heterocycles. The van der Waals surface area contributed by atoms with Gasteiger partial charge >= 0.3 is 0 Å².